The van der Waals surface area contributed by atoms with Crippen molar-refractivity contribution in [2.45, 2.75) is 52.3 Å². The Labute approximate surface area is 170 Å². The van der Waals surface area contributed by atoms with Crippen molar-refractivity contribution >= 4 is 33.9 Å². The first-order valence-corrected chi connectivity index (χ1v) is 10.5. The maximum absolute atomic E-state index is 12.4. The quantitative estimate of drug-likeness (QED) is 0.719. The smallest absolute Gasteiger partial charge is 0.315 e. The minimum absolute atomic E-state index is 0.137. The van der Waals surface area contributed by atoms with Gasteiger partial charge in [0, 0.05) is 5.39 Å². The van der Waals surface area contributed by atoms with E-state index in [1.807, 2.05) is 84.0 Å². The van der Waals surface area contributed by atoms with Crippen LogP contribution in [0.4, 0.5) is 0 Å². The number of nitrogens with zero attached hydrogens (tertiary/aromatic N) is 1. The molecule has 0 aliphatic carbocycles. The van der Waals surface area contributed by atoms with Crippen LogP contribution in [0, 0.1) is 5.41 Å². The molecule has 152 valence electrons. The molecule has 0 spiro atoms. The lowest BCUT2D eigenvalue weighted by Crippen LogP contribution is -2.35. The Hall–Kier alpha value is -2.05. The first kappa shape index (κ1) is 22.2. The normalized spacial score (nSPS) is 15.0. The summed E-state index contributed by atoms with van der Waals surface area (Å²) in [5.41, 5.74) is 1.94. The molecule has 2 atom stereocenters. The van der Waals surface area contributed by atoms with Crippen LogP contribution in [-0.2, 0) is 20.5 Å². The second-order valence-electron chi connectivity index (χ2n) is 8.46. The molecule has 1 heterocycles. The average Bonchev–Trinajstić information content (AvgIpc) is 2.64. The van der Waals surface area contributed by atoms with Gasteiger partial charge >= 0.3 is 5.97 Å². The van der Waals surface area contributed by atoms with Gasteiger partial charge in [0.15, 0.2) is 0 Å². The van der Waals surface area contributed by atoms with Gasteiger partial charge in [0.2, 0.25) is 0 Å². The largest absolute Gasteiger partial charge is 0.468 e. The van der Waals surface area contributed by atoms with E-state index in [-0.39, 0.29) is 16.8 Å². The number of aromatic nitrogens is 1. The van der Waals surface area contributed by atoms with Gasteiger partial charge in [-0.25, -0.2) is 8.93 Å². The molecular formula is C22H30N2O3S. The van der Waals surface area contributed by atoms with Crippen molar-refractivity contribution < 1.29 is 13.7 Å². The molecule has 2 rings (SSSR count). The Morgan fingerprint density at radius 2 is 1.82 bits per heavy atom. The summed E-state index contributed by atoms with van der Waals surface area (Å²) >= 11 is 0. The predicted molar refractivity (Wildman–Crippen MR) is 116 cm³/mol. The first-order chi connectivity index (χ1) is 12.9. The van der Waals surface area contributed by atoms with E-state index in [0.717, 1.165) is 22.2 Å². The number of pyridine rings is 1. The molecule has 1 aromatic heterocycles. The maximum Gasteiger partial charge on any atom is 0.315 e. The van der Waals surface area contributed by atoms with E-state index in [2.05, 4.69) is 4.72 Å². The Morgan fingerprint density at radius 3 is 2.43 bits per heavy atom. The SMILES string of the molecule is COC(=O)C(C)(C)C=Cc1ccc2ccc(C(C)NS(=O)C(C)(C)C)nc2c1. The van der Waals surface area contributed by atoms with Gasteiger partial charge < -0.3 is 4.74 Å². The highest BCUT2D eigenvalue weighted by Gasteiger charge is 2.25. The van der Waals surface area contributed by atoms with Crippen LogP contribution in [0.15, 0.2) is 36.4 Å². The Balaban J connectivity index is 2.28. The standard InChI is InChI=1S/C22H30N2O3S/c1-15(24-28(26)21(2,3)4)18-11-10-17-9-8-16(14-19(17)23-18)12-13-22(5,6)20(25)27-7/h8-15,24H,1-7H3. The fraction of sp³-hybridized carbons (Fsp3) is 0.455. The lowest BCUT2D eigenvalue weighted by atomic mass is 9.92. The number of esters is 1. The van der Waals surface area contributed by atoms with Crippen molar-refractivity contribution in [2.24, 2.45) is 5.41 Å². The van der Waals surface area contributed by atoms with Gasteiger partial charge in [0.1, 0.15) is 0 Å². The van der Waals surface area contributed by atoms with Gasteiger partial charge in [-0.2, -0.15) is 0 Å². The lowest BCUT2D eigenvalue weighted by molar-refractivity contribution is -0.148. The highest BCUT2D eigenvalue weighted by Crippen LogP contribution is 2.23. The van der Waals surface area contributed by atoms with E-state index in [0.29, 0.717) is 0 Å². The number of carbonyl (C=O) groups excluding carboxylic acids is 1. The van der Waals surface area contributed by atoms with Crippen LogP contribution in [-0.4, -0.2) is 27.0 Å². The van der Waals surface area contributed by atoms with Crippen molar-refractivity contribution in [2.75, 3.05) is 7.11 Å². The van der Waals surface area contributed by atoms with E-state index >= 15 is 0 Å². The van der Waals surface area contributed by atoms with Gasteiger partial charge in [0.05, 0.1) is 45.5 Å². The number of ether oxygens (including phenoxy) is 1. The molecule has 0 saturated carbocycles. The summed E-state index contributed by atoms with van der Waals surface area (Å²) in [6, 6.07) is 9.81. The molecule has 28 heavy (non-hydrogen) atoms. The van der Waals surface area contributed by atoms with Crippen molar-refractivity contribution in [3.05, 3.63) is 47.7 Å². The molecule has 0 bridgehead atoms. The summed E-state index contributed by atoms with van der Waals surface area (Å²) in [5.74, 6) is -0.281. The van der Waals surface area contributed by atoms with Crippen LogP contribution in [0.3, 0.4) is 0 Å². The molecule has 0 radical (unpaired) electrons. The van der Waals surface area contributed by atoms with Gasteiger partial charge in [-0.1, -0.05) is 30.4 Å². The van der Waals surface area contributed by atoms with Crippen LogP contribution in [0.2, 0.25) is 0 Å². The molecule has 1 aromatic carbocycles. The van der Waals surface area contributed by atoms with E-state index in [4.69, 9.17) is 9.72 Å². The summed E-state index contributed by atoms with van der Waals surface area (Å²) in [6.45, 7) is 11.4. The van der Waals surface area contributed by atoms with E-state index in [9.17, 15) is 9.00 Å². The van der Waals surface area contributed by atoms with E-state index in [1.165, 1.54) is 7.11 Å². The maximum atomic E-state index is 12.4. The third kappa shape index (κ3) is 5.49. The number of fused-ring (bicyclic) bond motifs is 1. The highest BCUT2D eigenvalue weighted by molar-refractivity contribution is 7.84. The van der Waals surface area contributed by atoms with Crippen molar-refractivity contribution in [3.8, 4) is 0 Å². The summed E-state index contributed by atoms with van der Waals surface area (Å²) in [7, 11) is 0.221. The molecule has 1 N–H and O–H groups in total. The summed E-state index contributed by atoms with van der Waals surface area (Å²) in [5, 5.41) is 1.03. The predicted octanol–water partition coefficient (Wildman–Crippen LogP) is 4.56. The molecule has 0 fully saturated rings. The molecule has 6 heteroatoms. The molecule has 0 saturated heterocycles. The highest BCUT2D eigenvalue weighted by atomic mass is 32.2. The third-order valence-corrected chi connectivity index (χ3v) is 6.11. The number of benzene rings is 1. The monoisotopic (exact) mass is 402 g/mol. The Morgan fingerprint density at radius 1 is 1.18 bits per heavy atom. The van der Waals surface area contributed by atoms with Gasteiger partial charge in [-0.05, 0) is 59.2 Å². The zero-order valence-corrected chi connectivity index (χ0v) is 18.5. The zero-order chi connectivity index (χ0) is 21.1. The molecule has 0 aliphatic heterocycles. The fourth-order valence-electron chi connectivity index (χ4n) is 2.53. The van der Waals surface area contributed by atoms with Crippen LogP contribution in [0.25, 0.3) is 17.0 Å². The van der Waals surface area contributed by atoms with E-state index in [1.54, 1.807) is 0 Å². The minimum Gasteiger partial charge on any atom is -0.468 e. The molecule has 0 aliphatic rings. The van der Waals surface area contributed by atoms with Gasteiger partial charge in [0.25, 0.3) is 0 Å². The van der Waals surface area contributed by atoms with E-state index < -0.39 is 16.4 Å². The van der Waals surface area contributed by atoms with Crippen LogP contribution < -0.4 is 4.72 Å². The Bertz CT molecular complexity index is 914. The van der Waals surface area contributed by atoms with Crippen molar-refractivity contribution in [1.29, 1.82) is 0 Å². The zero-order valence-electron chi connectivity index (χ0n) is 17.7. The third-order valence-electron chi connectivity index (χ3n) is 4.43. The minimum atomic E-state index is -1.17. The number of methoxy groups -OCH3 is 1. The molecule has 2 unspecified atom stereocenters. The number of rotatable bonds is 6. The van der Waals surface area contributed by atoms with Crippen molar-refractivity contribution in [3.63, 3.8) is 0 Å². The number of hydrogen-bond acceptors (Lipinski definition) is 4. The average molecular weight is 403 g/mol. The van der Waals surface area contributed by atoms with Crippen LogP contribution in [0.1, 0.15) is 58.8 Å². The Kier molecular flexibility index (Phi) is 6.78. The fourth-order valence-corrected chi connectivity index (χ4v) is 3.32. The van der Waals surface area contributed by atoms with Crippen LogP contribution >= 0.6 is 0 Å². The van der Waals surface area contributed by atoms with Gasteiger partial charge in [-0.3, -0.25) is 9.78 Å². The molecule has 5 nitrogen and oxygen atoms in total. The molecule has 0 amide bonds. The number of hydrogen-bond donors (Lipinski definition) is 1. The molecule has 2 aromatic rings. The lowest BCUT2D eigenvalue weighted by Gasteiger charge is -2.21. The topological polar surface area (TPSA) is 68.3 Å². The van der Waals surface area contributed by atoms with Crippen molar-refractivity contribution in [1.82, 2.24) is 9.71 Å². The first-order valence-electron chi connectivity index (χ1n) is 9.30. The number of carbonyl (C=O) groups is 1. The second kappa shape index (κ2) is 8.53. The summed E-state index contributed by atoms with van der Waals surface area (Å²) < 4.78 is 20.0. The summed E-state index contributed by atoms with van der Waals surface area (Å²) in [4.78, 5) is 16.6. The van der Waals surface area contributed by atoms with Crippen LogP contribution in [0.5, 0.6) is 0 Å². The molecular weight excluding hydrogens is 372 g/mol. The van der Waals surface area contributed by atoms with Gasteiger partial charge in [-0.15, -0.1) is 0 Å². The second-order valence-corrected chi connectivity index (χ2v) is 10.5. The summed E-state index contributed by atoms with van der Waals surface area (Å²) in [6.07, 6.45) is 3.74. The number of nitrogens with one attached hydrogen (secondary N) is 1.